The van der Waals surface area contributed by atoms with Crippen molar-refractivity contribution >= 4 is 34.7 Å². The summed E-state index contributed by atoms with van der Waals surface area (Å²) in [5.41, 5.74) is 1.70. The first kappa shape index (κ1) is 19.6. The molecule has 0 unspecified atom stereocenters. The van der Waals surface area contributed by atoms with Crippen molar-refractivity contribution in [2.45, 2.75) is 6.92 Å². The normalized spacial score (nSPS) is 16.6. The van der Waals surface area contributed by atoms with Crippen LogP contribution in [0.1, 0.15) is 11.3 Å². The largest absolute Gasteiger partial charge is 0.489 e. The minimum atomic E-state index is -0.116. The molecule has 0 atom stereocenters. The molecule has 1 saturated heterocycles. The van der Waals surface area contributed by atoms with Crippen LogP contribution in [0.25, 0.3) is 6.08 Å². The molecule has 0 bridgehead atoms. The Kier molecular flexibility index (Phi) is 6.45. The smallest absolute Gasteiger partial charge is 0.267 e. The molecule has 1 aliphatic rings. The molecule has 28 heavy (non-hydrogen) atoms. The molecule has 5 nitrogen and oxygen atoms in total. The highest BCUT2D eigenvalue weighted by atomic mass is 32.2. The van der Waals surface area contributed by atoms with Crippen molar-refractivity contribution in [3.05, 3.63) is 83.9 Å². The van der Waals surface area contributed by atoms with Gasteiger partial charge in [0.15, 0.2) is 11.0 Å². The van der Waals surface area contributed by atoms with Crippen molar-refractivity contribution in [2.24, 2.45) is 4.99 Å². The number of amidine groups is 1. The highest BCUT2D eigenvalue weighted by molar-refractivity contribution is 8.18. The molecule has 1 amide bonds. The Morgan fingerprint density at radius 2 is 2.00 bits per heavy atom. The fourth-order valence-electron chi connectivity index (χ4n) is 2.59. The van der Waals surface area contributed by atoms with E-state index in [0.29, 0.717) is 34.8 Å². The second kappa shape index (κ2) is 9.19. The van der Waals surface area contributed by atoms with E-state index in [1.165, 1.54) is 11.8 Å². The van der Waals surface area contributed by atoms with Gasteiger partial charge in [-0.3, -0.25) is 9.69 Å². The number of thioether (sulfide) groups is 1. The Hall–Kier alpha value is -3.12. The number of benzene rings is 1. The van der Waals surface area contributed by atoms with Gasteiger partial charge in [0.2, 0.25) is 0 Å². The average Bonchev–Trinajstić information content (AvgIpc) is 2.96. The van der Waals surface area contributed by atoms with Gasteiger partial charge in [-0.2, -0.15) is 0 Å². The number of nitrogens with zero attached hydrogens (tertiary/aromatic N) is 3. The number of ether oxygens (including phenoxy) is 1. The number of aliphatic imine (C=N–C) groups is 1. The number of pyridine rings is 1. The zero-order valence-electron chi connectivity index (χ0n) is 15.7. The Morgan fingerprint density at radius 3 is 2.75 bits per heavy atom. The van der Waals surface area contributed by atoms with Gasteiger partial charge in [-0.1, -0.05) is 43.0 Å². The lowest BCUT2D eigenvalue weighted by Gasteiger charge is -2.12. The number of aryl methyl sites for hydroxylation is 1. The van der Waals surface area contributed by atoms with Crippen LogP contribution in [0.3, 0.4) is 0 Å². The van der Waals surface area contributed by atoms with Crippen LogP contribution < -0.4 is 4.74 Å². The van der Waals surface area contributed by atoms with E-state index in [2.05, 4.69) is 23.1 Å². The number of carbonyl (C=O) groups excluding carboxylic acids is 1. The van der Waals surface area contributed by atoms with Crippen LogP contribution in [-0.4, -0.2) is 34.1 Å². The summed E-state index contributed by atoms with van der Waals surface area (Å²) >= 11 is 1.32. The summed E-state index contributed by atoms with van der Waals surface area (Å²) < 4.78 is 5.69. The molecular formula is C22H21N3O2S. The molecular weight excluding hydrogens is 370 g/mol. The van der Waals surface area contributed by atoms with Gasteiger partial charge in [0, 0.05) is 17.8 Å². The molecule has 6 heteroatoms. The van der Waals surface area contributed by atoms with Gasteiger partial charge in [-0.25, -0.2) is 9.98 Å². The second-order valence-electron chi connectivity index (χ2n) is 5.98. The Bertz CT molecular complexity index is 966. The predicted octanol–water partition coefficient (Wildman–Crippen LogP) is 4.74. The van der Waals surface area contributed by atoms with Crippen molar-refractivity contribution < 1.29 is 9.53 Å². The summed E-state index contributed by atoms with van der Waals surface area (Å²) in [5.74, 6) is 1.15. The van der Waals surface area contributed by atoms with E-state index in [1.807, 2.05) is 55.5 Å². The lowest BCUT2D eigenvalue weighted by atomic mass is 10.2. The van der Waals surface area contributed by atoms with Gasteiger partial charge in [-0.15, -0.1) is 6.58 Å². The van der Waals surface area contributed by atoms with E-state index in [9.17, 15) is 4.79 Å². The zero-order chi connectivity index (χ0) is 19.9. The maximum absolute atomic E-state index is 12.9. The van der Waals surface area contributed by atoms with Gasteiger partial charge < -0.3 is 4.74 Å². The fraction of sp³-hybridized carbons (Fsp3) is 0.136. The van der Waals surface area contributed by atoms with Gasteiger partial charge in [0.1, 0.15) is 12.4 Å². The summed E-state index contributed by atoms with van der Waals surface area (Å²) in [7, 11) is 0. The molecule has 2 aromatic rings. The first-order valence-corrected chi connectivity index (χ1v) is 9.61. The first-order valence-electron chi connectivity index (χ1n) is 8.79. The van der Waals surface area contributed by atoms with Gasteiger partial charge >= 0.3 is 0 Å². The number of hydrogen-bond acceptors (Lipinski definition) is 5. The molecule has 2 heterocycles. The van der Waals surface area contributed by atoms with Crippen LogP contribution in [0.5, 0.6) is 5.75 Å². The minimum Gasteiger partial charge on any atom is -0.489 e. The van der Waals surface area contributed by atoms with E-state index in [4.69, 9.17) is 4.74 Å². The average molecular weight is 391 g/mol. The molecule has 0 saturated carbocycles. The highest BCUT2D eigenvalue weighted by Crippen LogP contribution is 2.35. The molecule has 1 fully saturated rings. The predicted molar refractivity (Wildman–Crippen MR) is 116 cm³/mol. The summed E-state index contributed by atoms with van der Waals surface area (Å²) in [5, 5.41) is 0.582. The summed E-state index contributed by atoms with van der Waals surface area (Å²) in [4.78, 5) is 24.1. The molecule has 0 spiro atoms. The summed E-state index contributed by atoms with van der Waals surface area (Å²) in [6.07, 6.45) is 5.19. The van der Waals surface area contributed by atoms with Crippen LogP contribution in [0, 0.1) is 6.92 Å². The van der Waals surface area contributed by atoms with E-state index >= 15 is 0 Å². The summed E-state index contributed by atoms with van der Waals surface area (Å²) in [6.45, 7) is 10.1. The molecule has 1 aromatic heterocycles. The molecule has 142 valence electrons. The molecule has 0 N–H and O–H groups in total. The standard InChI is InChI=1S/C22H21N3O2S/c1-4-13-25-21(26)19(15-17-10-6-7-11-18(17)27-14-5-2)28-22(25)24-20-12-8-9-16(3)23-20/h4-12,15H,1-2,13-14H2,3H3/b19-15-,24-22+. The fourth-order valence-corrected chi connectivity index (χ4v) is 3.58. The van der Waals surface area contributed by atoms with Gasteiger partial charge in [0.05, 0.1) is 4.91 Å². The molecule has 1 aliphatic heterocycles. The first-order chi connectivity index (χ1) is 13.6. The van der Waals surface area contributed by atoms with Crippen LogP contribution in [0.15, 0.2) is 77.7 Å². The van der Waals surface area contributed by atoms with Crippen molar-refractivity contribution in [1.82, 2.24) is 9.88 Å². The second-order valence-corrected chi connectivity index (χ2v) is 6.99. The highest BCUT2D eigenvalue weighted by Gasteiger charge is 2.32. The van der Waals surface area contributed by atoms with Gasteiger partial charge in [0.25, 0.3) is 5.91 Å². The van der Waals surface area contributed by atoms with Gasteiger partial charge in [-0.05, 0) is 43.0 Å². The molecule has 0 aliphatic carbocycles. The molecule has 1 aromatic carbocycles. The Balaban J connectivity index is 1.95. The number of rotatable bonds is 7. The molecule has 3 rings (SSSR count). The quantitative estimate of drug-likeness (QED) is 0.505. The lowest BCUT2D eigenvalue weighted by molar-refractivity contribution is -0.121. The monoisotopic (exact) mass is 391 g/mol. The molecule has 0 radical (unpaired) electrons. The Morgan fingerprint density at radius 1 is 1.18 bits per heavy atom. The minimum absolute atomic E-state index is 0.116. The van der Waals surface area contributed by atoms with Crippen molar-refractivity contribution in [3.8, 4) is 5.75 Å². The van der Waals surface area contributed by atoms with Crippen LogP contribution in [0.2, 0.25) is 0 Å². The van der Waals surface area contributed by atoms with E-state index < -0.39 is 0 Å². The number of para-hydroxylation sites is 1. The maximum atomic E-state index is 12.9. The lowest BCUT2D eigenvalue weighted by Crippen LogP contribution is -2.29. The van der Waals surface area contributed by atoms with E-state index in [1.54, 1.807) is 17.1 Å². The van der Waals surface area contributed by atoms with Crippen molar-refractivity contribution in [2.75, 3.05) is 13.2 Å². The van der Waals surface area contributed by atoms with Crippen LogP contribution >= 0.6 is 11.8 Å². The SMILES string of the molecule is C=CCOc1ccccc1/C=C1\S/C(=N/c2cccc(C)n2)N(CC=C)C1=O. The topological polar surface area (TPSA) is 54.8 Å². The van der Waals surface area contributed by atoms with E-state index in [0.717, 1.165) is 11.3 Å². The number of amides is 1. The Labute approximate surface area is 169 Å². The van der Waals surface area contributed by atoms with Crippen LogP contribution in [0.4, 0.5) is 5.82 Å². The third-order valence-corrected chi connectivity index (χ3v) is 4.85. The van der Waals surface area contributed by atoms with Crippen molar-refractivity contribution in [3.63, 3.8) is 0 Å². The number of hydrogen-bond donors (Lipinski definition) is 0. The maximum Gasteiger partial charge on any atom is 0.267 e. The third kappa shape index (κ3) is 4.58. The van der Waals surface area contributed by atoms with Crippen molar-refractivity contribution in [1.29, 1.82) is 0 Å². The third-order valence-electron chi connectivity index (χ3n) is 3.85. The summed E-state index contributed by atoms with van der Waals surface area (Å²) in [6, 6.07) is 13.2. The number of carbonyl (C=O) groups is 1. The number of aromatic nitrogens is 1. The van der Waals surface area contributed by atoms with E-state index in [-0.39, 0.29) is 5.91 Å². The van der Waals surface area contributed by atoms with Crippen LogP contribution in [-0.2, 0) is 4.79 Å². The zero-order valence-corrected chi connectivity index (χ0v) is 16.5.